The zero-order valence-corrected chi connectivity index (χ0v) is 23.6. The highest BCUT2D eigenvalue weighted by Gasteiger charge is 2.36. The minimum absolute atomic E-state index is 0.0773. The largest absolute Gasteiger partial charge is 0.334 e. The van der Waals surface area contributed by atoms with Crippen molar-refractivity contribution in [3.05, 3.63) is 95.3 Å². The van der Waals surface area contributed by atoms with Gasteiger partial charge in [0.05, 0.1) is 11.0 Å². The average molecular weight is 535 g/mol. The molecule has 2 heterocycles. The summed E-state index contributed by atoms with van der Waals surface area (Å²) in [7, 11) is 0. The predicted octanol–water partition coefficient (Wildman–Crippen LogP) is 6.54. The van der Waals surface area contributed by atoms with E-state index >= 15 is 0 Å². The number of benzene rings is 3. The number of aromatic nitrogens is 2. The first-order valence-electron chi connectivity index (χ1n) is 14.6. The van der Waals surface area contributed by atoms with Crippen molar-refractivity contribution in [2.75, 3.05) is 11.4 Å². The molecular formula is C34H38N4O2. The fourth-order valence-electron chi connectivity index (χ4n) is 6.42. The zero-order valence-electron chi connectivity index (χ0n) is 23.6. The van der Waals surface area contributed by atoms with Crippen LogP contribution in [0.1, 0.15) is 67.0 Å². The maximum Gasteiger partial charge on any atom is 0.243 e. The normalized spacial score (nSPS) is 18.0. The molecule has 6 rings (SSSR count). The summed E-state index contributed by atoms with van der Waals surface area (Å²) in [6, 6.07) is 24.8. The van der Waals surface area contributed by atoms with Gasteiger partial charge in [0.15, 0.2) is 0 Å². The summed E-state index contributed by atoms with van der Waals surface area (Å²) in [4.78, 5) is 36.4. The van der Waals surface area contributed by atoms with Gasteiger partial charge in [0, 0.05) is 37.2 Å². The van der Waals surface area contributed by atoms with Crippen molar-refractivity contribution in [1.29, 1.82) is 0 Å². The van der Waals surface area contributed by atoms with E-state index in [2.05, 4.69) is 47.6 Å². The maximum absolute atomic E-state index is 14.1. The van der Waals surface area contributed by atoms with Crippen molar-refractivity contribution in [1.82, 2.24) is 14.5 Å². The number of para-hydroxylation sites is 2. The Hall–Kier alpha value is -3.93. The lowest BCUT2D eigenvalue weighted by Crippen LogP contribution is -2.42. The number of rotatable bonds is 7. The van der Waals surface area contributed by atoms with Crippen LogP contribution < -0.4 is 4.90 Å². The summed E-state index contributed by atoms with van der Waals surface area (Å²) in [5.41, 5.74) is 6.29. The molecule has 0 N–H and O–H groups in total. The molecule has 1 saturated heterocycles. The molecule has 206 valence electrons. The van der Waals surface area contributed by atoms with E-state index < -0.39 is 0 Å². The molecule has 1 atom stereocenters. The molecule has 0 spiro atoms. The number of fused-ring (bicyclic) bond motifs is 1. The first-order chi connectivity index (χ1) is 19.5. The van der Waals surface area contributed by atoms with Gasteiger partial charge in [-0.05, 0) is 67.6 Å². The molecule has 2 amide bonds. The van der Waals surface area contributed by atoms with Crippen LogP contribution in [0.15, 0.2) is 72.8 Å². The monoisotopic (exact) mass is 534 g/mol. The molecule has 6 nitrogen and oxygen atoms in total. The average Bonchev–Trinajstić information content (AvgIpc) is 3.54. The van der Waals surface area contributed by atoms with Crippen LogP contribution in [0.3, 0.4) is 0 Å². The second kappa shape index (κ2) is 11.3. The number of amides is 2. The van der Waals surface area contributed by atoms with Crippen LogP contribution in [0.25, 0.3) is 11.0 Å². The Balaban J connectivity index is 1.31. The molecule has 1 aliphatic heterocycles. The van der Waals surface area contributed by atoms with E-state index in [1.807, 2.05) is 53.4 Å². The zero-order chi connectivity index (χ0) is 27.6. The number of carbonyl (C=O) groups excluding carboxylic acids is 2. The van der Waals surface area contributed by atoms with Crippen LogP contribution in [0.4, 0.5) is 5.69 Å². The van der Waals surface area contributed by atoms with Crippen LogP contribution >= 0.6 is 0 Å². The van der Waals surface area contributed by atoms with Gasteiger partial charge in [-0.3, -0.25) is 9.59 Å². The molecule has 1 saturated carbocycles. The van der Waals surface area contributed by atoms with Gasteiger partial charge in [-0.25, -0.2) is 4.98 Å². The quantitative estimate of drug-likeness (QED) is 0.271. The Morgan fingerprint density at radius 1 is 0.925 bits per heavy atom. The van der Waals surface area contributed by atoms with Gasteiger partial charge < -0.3 is 14.4 Å². The second-order valence-electron chi connectivity index (χ2n) is 11.5. The molecule has 0 bridgehead atoms. The highest BCUT2D eigenvalue weighted by atomic mass is 16.2. The lowest BCUT2D eigenvalue weighted by atomic mass is 9.93. The first kappa shape index (κ1) is 26.3. The van der Waals surface area contributed by atoms with Crippen molar-refractivity contribution < 1.29 is 9.59 Å². The van der Waals surface area contributed by atoms with Crippen LogP contribution in [-0.4, -0.2) is 38.9 Å². The van der Waals surface area contributed by atoms with E-state index in [-0.39, 0.29) is 30.3 Å². The second-order valence-corrected chi connectivity index (χ2v) is 11.5. The fraction of sp³-hybridized carbons (Fsp3) is 0.382. The Morgan fingerprint density at radius 2 is 1.68 bits per heavy atom. The van der Waals surface area contributed by atoms with Gasteiger partial charge in [0.2, 0.25) is 11.8 Å². The summed E-state index contributed by atoms with van der Waals surface area (Å²) in [5.74, 6) is 0.977. The summed E-state index contributed by atoms with van der Waals surface area (Å²) in [6.45, 7) is 5.58. The standard InChI is InChI=1S/C34H38N4O2/c1-24-17-18-29(19-25(24)2)37-22-27(20-32(37)39)34-35-30-15-9-10-16-31(30)38(34)23-33(40)36(28-13-7-4-8-14-28)21-26-11-5-3-6-12-26/h3,5-6,9-12,15-19,27-28H,4,7-8,13-14,20-23H2,1-2H3. The first-order valence-corrected chi connectivity index (χ1v) is 14.6. The summed E-state index contributed by atoms with van der Waals surface area (Å²) in [5, 5.41) is 0. The van der Waals surface area contributed by atoms with E-state index in [0.29, 0.717) is 19.5 Å². The molecule has 4 aromatic rings. The Morgan fingerprint density at radius 3 is 2.45 bits per heavy atom. The van der Waals surface area contributed by atoms with Gasteiger partial charge in [-0.15, -0.1) is 0 Å². The summed E-state index contributed by atoms with van der Waals surface area (Å²) >= 11 is 0. The van der Waals surface area contributed by atoms with E-state index in [1.54, 1.807) is 0 Å². The Bertz CT molecular complexity index is 1520. The number of hydrogen-bond acceptors (Lipinski definition) is 3. The number of hydrogen-bond donors (Lipinski definition) is 0. The van der Waals surface area contributed by atoms with Crippen molar-refractivity contribution in [2.24, 2.45) is 0 Å². The predicted molar refractivity (Wildman–Crippen MR) is 159 cm³/mol. The molecule has 1 aliphatic carbocycles. The highest BCUT2D eigenvalue weighted by Crippen LogP contribution is 2.34. The number of carbonyl (C=O) groups is 2. The third-order valence-corrected chi connectivity index (χ3v) is 8.80. The van der Waals surface area contributed by atoms with Crippen LogP contribution in [0.2, 0.25) is 0 Å². The van der Waals surface area contributed by atoms with Crippen molar-refractivity contribution in [3.8, 4) is 0 Å². The number of nitrogens with zero attached hydrogens (tertiary/aromatic N) is 4. The molecule has 2 fully saturated rings. The van der Waals surface area contributed by atoms with E-state index in [4.69, 9.17) is 4.98 Å². The molecule has 0 radical (unpaired) electrons. The SMILES string of the molecule is Cc1ccc(N2CC(c3nc4ccccc4n3CC(=O)N(Cc3ccccc3)C3CCCCC3)CC2=O)cc1C. The van der Waals surface area contributed by atoms with Crippen molar-refractivity contribution >= 4 is 28.5 Å². The number of aryl methyl sites for hydroxylation is 2. The topological polar surface area (TPSA) is 58.4 Å². The van der Waals surface area contributed by atoms with Crippen LogP contribution in [-0.2, 0) is 22.7 Å². The molecule has 3 aromatic carbocycles. The van der Waals surface area contributed by atoms with Crippen molar-refractivity contribution in [2.45, 2.75) is 77.4 Å². The lowest BCUT2D eigenvalue weighted by molar-refractivity contribution is -0.135. The van der Waals surface area contributed by atoms with Gasteiger partial charge in [-0.1, -0.05) is 67.8 Å². The molecule has 40 heavy (non-hydrogen) atoms. The van der Waals surface area contributed by atoms with Gasteiger partial charge in [0.25, 0.3) is 0 Å². The lowest BCUT2D eigenvalue weighted by Gasteiger charge is -2.35. The number of imidazole rings is 1. The van der Waals surface area contributed by atoms with Crippen molar-refractivity contribution in [3.63, 3.8) is 0 Å². The Kier molecular flexibility index (Phi) is 7.42. The van der Waals surface area contributed by atoms with Gasteiger partial charge >= 0.3 is 0 Å². The fourth-order valence-corrected chi connectivity index (χ4v) is 6.42. The van der Waals surface area contributed by atoms with Crippen LogP contribution in [0, 0.1) is 13.8 Å². The van der Waals surface area contributed by atoms with Gasteiger partial charge in [-0.2, -0.15) is 0 Å². The minimum Gasteiger partial charge on any atom is -0.334 e. The highest BCUT2D eigenvalue weighted by molar-refractivity contribution is 5.96. The summed E-state index contributed by atoms with van der Waals surface area (Å²) < 4.78 is 2.08. The van der Waals surface area contributed by atoms with E-state index in [9.17, 15) is 9.59 Å². The molecule has 1 unspecified atom stereocenters. The summed E-state index contributed by atoms with van der Waals surface area (Å²) in [6.07, 6.45) is 6.08. The van der Waals surface area contributed by atoms with E-state index in [1.165, 1.54) is 30.4 Å². The smallest absolute Gasteiger partial charge is 0.243 e. The van der Waals surface area contributed by atoms with Crippen LogP contribution in [0.5, 0.6) is 0 Å². The minimum atomic E-state index is -0.0773. The molecule has 6 heteroatoms. The molecular weight excluding hydrogens is 496 g/mol. The third kappa shape index (κ3) is 5.27. The third-order valence-electron chi connectivity index (χ3n) is 8.80. The van der Waals surface area contributed by atoms with Gasteiger partial charge in [0.1, 0.15) is 12.4 Å². The maximum atomic E-state index is 14.1. The van der Waals surface area contributed by atoms with E-state index in [0.717, 1.165) is 41.0 Å². The Labute approximate surface area is 236 Å². The number of anilines is 1. The molecule has 1 aromatic heterocycles. The molecule has 2 aliphatic rings.